The molecule has 0 aromatic heterocycles. The van der Waals surface area contributed by atoms with Gasteiger partial charge in [0.05, 0.1) is 6.04 Å². The minimum atomic E-state index is 0.400. The number of hydrogen-bond donors (Lipinski definition) is 0. The number of nitrogens with zero attached hydrogens (tertiary/aromatic N) is 1. The largest absolute Gasteiger partial charge is 0.284 e. The Kier molecular flexibility index (Phi) is 3.36. The molecule has 0 radical (unpaired) electrons. The molecule has 2 aliphatic rings. The fourth-order valence-corrected chi connectivity index (χ4v) is 3.44. The van der Waals surface area contributed by atoms with Crippen LogP contribution >= 0.6 is 0 Å². The summed E-state index contributed by atoms with van der Waals surface area (Å²) < 4.78 is 0. The van der Waals surface area contributed by atoms with Crippen molar-refractivity contribution in [1.82, 2.24) is 4.90 Å². The Labute approximate surface area is 126 Å². The second-order valence-corrected chi connectivity index (χ2v) is 6.19. The van der Waals surface area contributed by atoms with E-state index in [1.165, 1.54) is 30.4 Å². The molecule has 0 amide bonds. The van der Waals surface area contributed by atoms with Crippen LogP contribution in [0.25, 0.3) is 0 Å². The van der Waals surface area contributed by atoms with Crippen LogP contribution in [0, 0.1) is 0 Å². The fraction of sp³-hybridized carbons (Fsp3) is 0.300. The van der Waals surface area contributed by atoms with Gasteiger partial charge in [0.25, 0.3) is 0 Å². The minimum absolute atomic E-state index is 0.400. The molecule has 0 spiro atoms. The molecule has 1 saturated carbocycles. The van der Waals surface area contributed by atoms with Crippen molar-refractivity contribution < 1.29 is 0 Å². The first-order valence-corrected chi connectivity index (χ1v) is 7.95. The molecule has 1 saturated heterocycles. The lowest BCUT2D eigenvalue weighted by Gasteiger charge is -2.43. The normalized spacial score (nSPS) is 18.5. The zero-order valence-electron chi connectivity index (χ0n) is 12.3. The second kappa shape index (κ2) is 5.50. The summed E-state index contributed by atoms with van der Waals surface area (Å²) in [6.07, 6.45) is 4.11. The van der Waals surface area contributed by atoms with E-state index in [9.17, 15) is 0 Å². The van der Waals surface area contributed by atoms with Gasteiger partial charge in [0, 0.05) is 13.1 Å². The van der Waals surface area contributed by atoms with Gasteiger partial charge in [-0.3, -0.25) is 4.90 Å². The summed E-state index contributed by atoms with van der Waals surface area (Å²) in [6, 6.07) is 22.2. The van der Waals surface area contributed by atoms with Gasteiger partial charge in [0.1, 0.15) is 0 Å². The number of likely N-dealkylation sites (tertiary alicyclic amines) is 1. The first-order valence-electron chi connectivity index (χ1n) is 7.95. The zero-order chi connectivity index (χ0) is 14.1. The maximum atomic E-state index is 2.60. The molecule has 2 aromatic rings. The average molecular weight is 275 g/mol. The van der Waals surface area contributed by atoms with Crippen LogP contribution in [-0.4, -0.2) is 18.0 Å². The van der Waals surface area contributed by atoms with E-state index in [4.69, 9.17) is 0 Å². The summed E-state index contributed by atoms with van der Waals surface area (Å²) >= 11 is 0. The molecule has 0 atom stereocenters. The van der Waals surface area contributed by atoms with E-state index in [0.717, 1.165) is 13.1 Å². The SMILES string of the molecule is c1ccc(C(c2ccccc2)N2CC(=C3CCC3)C2)cc1. The Morgan fingerprint density at radius 2 is 1.19 bits per heavy atom. The summed E-state index contributed by atoms with van der Waals surface area (Å²) in [6.45, 7) is 2.31. The Morgan fingerprint density at radius 1 is 0.667 bits per heavy atom. The molecule has 1 nitrogen and oxygen atoms in total. The van der Waals surface area contributed by atoms with E-state index >= 15 is 0 Å². The predicted molar refractivity (Wildman–Crippen MR) is 87.2 cm³/mol. The third kappa shape index (κ3) is 2.43. The van der Waals surface area contributed by atoms with Crippen molar-refractivity contribution in [3.63, 3.8) is 0 Å². The molecule has 2 aromatic carbocycles. The first-order chi connectivity index (χ1) is 10.4. The molecule has 1 aliphatic carbocycles. The highest BCUT2D eigenvalue weighted by molar-refractivity contribution is 5.36. The lowest BCUT2D eigenvalue weighted by atomic mass is 9.83. The van der Waals surface area contributed by atoms with Crippen LogP contribution in [0.2, 0.25) is 0 Å². The average Bonchev–Trinajstić information content (AvgIpc) is 2.45. The zero-order valence-corrected chi connectivity index (χ0v) is 12.3. The first kappa shape index (κ1) is 12.8. The summed E-state index contributed by atoms with van der Waals surface area (Å²) in [5.74, 6) is 0. The highest BCUT2D eigenvalue weighted by atomic mass is 15.2. The molecule has 21 heavy (non-hydrogen) atoms. The molecule has 0 N–H and O–H groups in total. The third-order valence-corrected chi connectivity index (χ3v) is 4.84. The Hall–Kier alpha value is -1.86. The van der Waals surface area contributed by atoms with Crippen LogP contribution in [0.5, 0.6) is 0 Å². The Morgan fingerprint density at radius 3 is 1.62 bits per heavy atom. The standard InChI is InChI=1S/C20H21N/c1-3-8-17(9-4-1)20(18-10-5-2-6-11-18)21-14-19(15-21)16-12-7-13-16/h1-6,8-11,20H,7,12-15H2. The molecule has 0 bridgehead atoms. The highest BCUT2D eigenvalue weighted by Crippen LogP contribution is 2.38. The van der Waals surface area contributed by atoms with Crippen molar-refractivity contribution >= 4 is 0 Å². The van der Waals surface area contributed by atoms with Gasteiger partial charge in [-0.1, -0.05) is 66.2 Å². The van der Waals surface area contributed by atoms with E-state index < -0.39 is 0 Å². The van der Waals surface area contributed by atoms with Crippen LogP contribution in [0.3, 0.4) is 0 Å². The molecular weight excluding hydrogens is 254 g/mol. The van der Waals surface area contributed by atoms with Crippen LogP contribution in [0.1, 0.15) is 36.4 Å². The summed E-state index contributed by atoms with van der Waals surface area (Å²) in [7, 11) is 0. The van der Waals surface area contributed by atoms with E-state index in [-0.39, 0.29) is 0 Å². The second-order valence-electron chi connectivity index (χ2n) is 6.19. The van der Waals surface area contributed by atoms with Gasteiger partial charge in [0.15, 0.2) is 0 Å². The molecule has 1 aliphatic heterocycles. The summed E-state index contributed by atoms with van der Waals surface area (Å²) in [5, 5.41) is 0. The maximum Gasteiger partial charge on any atom is 0.0607 e. The van der Waals surface area contributed by atoms with Gasteiger partial charge in [-0.15, -0.1) is 0 Å². The molecule has 1 heterocycles. The van der Waals surface area contributed by atoms with Gasteiger partial charge in [0.2, 0.25) is 0 Å². The van der Waals surface area contributed by atoms with Crippen molar-refractivity contribution in [1.29, 1.82) is 0 Å². The maximum absolute atomic E-state index is 2.60. The topological polar surface area (TPSA) is 3.24 Å². The summed E-state index contributed by atoms with van der Waals surface area (Å²) in [5.41, 5.74) is 6.26. The van der Waals surface area contributed by atoms with Crippen LogP contribution < -0.4 is 0 Å². The van der Waals surface area contributed by atoms with Crippen molar-refractivity contribution in [3.8, 4) is 0 Å². The van der Waals surface area contributed by atoms with Crippen molar-refractivity contribution in [2.24, 2.45) is 0 Å². The van der Waals surface area contributed by atoms with Crippen molar-refractivity contribution in [2.45, 2.75) is 25.3 Å². The lowest BCUT2D eigenvalue weighted by Crippen LogP contribution is -2.44. The highest BCUT2D eigenvalue weighted by Gasteiger charge is 2.32. The lowest BCUT2D eigenvalue weighted by molar-refractivity contribution is 0.197. The van der Waals surface area contributed by atoms with Crippen LogP contribution in [0.15, 0.2) is 71.8 Å². The molecule has 2 fully saturated rings. The van der Waals surface area contributed by atoms with E-state index in [1.54, 1.807) is 11.1 Å². The molecule has 0 unspecified atom stereocenters. The number of allylic oxidation sites excluding steroid dienone is 1. The van der Waals surface area contributed by atoms with E-state index in [1.807, 2.05) is 0 Å². The molecule has 4 rings (SSSR count). The van der Waals surface area contributed by atoms with Crippen LogP contribution in [-0.2, 0) is 0 Å². The van der Waals surface area contributed by atoms with Gasteiger partial charge < -0.3 is 0 Å². The predicted octanol–water partition coefficient (Wildman–Crippen LogP) is 4.57. The van der Waals surface area contributed by atoms with E-state index in [2.05, 4.69) is 65.6 Å². The van der Waals surface area contributed by atoms with Gasteiger partial charge >= 0.3 is 0 Å². The number of benzene rings is 2. The Bertz CT molecular complexity index is 589. The molecular formula is C20H21N. The van der Waals surface area contributed by atoms with Gasteiger partial charge in [-0.2, -0.15) is 0 Å². The Balaban J connectivity index is 1.62. The third-order valence-electron chi connectivity index (χ3n) is 4.84. The monoisotopic (exact) mass is 275 g/mol. The smallest absolute Gasteiger partial charge is 0.0607 e. The van der Waals surface area contributed by atoms with Crippen molar-refractivity contribution in [3.05, 3.63) is 82.9 Å². The fourth-order valence-electron chi connectivity index (χ4n) is 3.44. The molecule has 106 valence electrons. The number of rotatable bonds is 3. The molecule has 1 heteroatoms. The van der Waals surface area contributed by atoms with E-state index in [0.29, 0.717) is 6.04 Å². The quantitative estimate of drug-likeness (QED) is 0.742. The number of hydrogen-bond acceptors (Lipinski definition) is 1. The van der Waals surface area contributed by atoms with Crippen LogP contribution in [0.4, 0.5) is 0 Å². The van der Waals surface area contributed by atoms with Gasteiger partial charge in [-0.05, 0) is 36.0 Å². The minimum Gasteiger partial charge on any atom is -0.284 e. The van der Waals surface area contributed by atoms with Crippen molar-refractivity contribution in [2.75, 3.05) is 13.1 Å². The summed E-state index contributed by atoms with van der Waals surface area (Å²) in [4.78, 5) is 2.60. The van der Waals surface area contributed by atoms with Gasteiger partial charge in [-0.25, -0.2) is 0 Å².